The largest absolute Gasteiger partial charge is 0.363 e. The van der Waals surface area contributed by atoms with Crippen LogP contribution in [0, 0.1) is 0 Å². The van der Waals surface area contributed by atoms with Crippen LogP contribution in [0.4, 0.5) is 11.8 Å². The molecule has 5 nitrogen and oxygen atoms in total. The molecule has 3 rings (SSSR count). The predicted octanol–water partition coefficient (Wildman–Crippen LogP) is 2.38. The molecule has 0 N–H and O–H groups in total. The Labute approximate surface area is 123 Å². The van der Waals surface area contributed by atoms with E-state index in [-0.39, 0.29) is 0 Å². The Bertz CT molecular complexity index is 554. The van der Waals surface area contributed by atoms with Gasteiger partial charge in [0, 0.05) is 50.9 Å². The third-order valence-corrected chi connectivity index (χ3v) is 4.53. The highest BCUT2D eigenvalue weighted by atomic mass is 32.1. The number of nitrogens with zero attached hydrogens (tertiary/aromatic N) is 5. The van der Waals surface area contributed by atoms with Crippen molar-refractivity contribution in [3.05, 3.63) is 28.8 Å². The second kappa shape index (κ2) is 5.75. The number of piperidine rings is 1. The van der Waals surface area contributed by atoms with Crippen LogP contribution in [0.3, 0.4) is 0 Å². The number of rotatable bonds is 3. The zero-order chi connectivity index (χ0) is 13.9. The van der Waals surface area contributed by atoms with E-state index in [1.165, 1.54) is 17.8 Å². The van der Waals surface area contributed by atoms with Gasteiger partial charge in [0.05, 0.1) is 5.01 Å². The van der Waals surface area contributed by atoms with Gasteiger partial charge in [-0.2, -0.15) is 4.98 Å². The van der Waals surface area contributed by atoms with Crippen molar-refractivity contribution in [3.8, 4) is 0 Å². The van der Waals surface area contributed by atoms with Gasteiger partial charge in [-0.1, -0.05) is 0 Å². The molecule has 2 aromatic heterocycles. The fraction of sp³-hybridized carbons (Fsp3) is 0.500. The Hall–Kier alpha value is -1.69. The fourth-order valence-electron chi connectivity index (χ4n) is 2.54. The first-order valence-electron chi connectivity index (χ1n) is 6.89. The molecule has 0 unspecified atom stereocenters. The molecule has 6 heteroatoms. The fourth-order valence-corrected chi connectivity index (χ4v) is 3.30. The molecule has 0 saturated carbocycles. The van der Waals surface area contributed by atoms with E-state index in [1.54, 1.807) is 11.3 Å². The minimum Gasteiger partial charge on any atom is -0.363 e. The number of hydrogen-bond acceptors (Lipinski definition) is 6. The summed E-state index contributed by atoms with van der Waals surface area (Å²) in [5.74, 6) is 2.29. The molecular weight excluding hydrogens is 270 g/mol. The van der Waals surface area contributed by atoms with Crippen molar-refractivity contribution in [3.63, 3.8) is 0 Å². The number of thiazole rings is 1. The lowest BCUT2D eigenvalue weighted by Crippen LogP contribution is -2.35. The summed E-state index contributed by atoms with van der Waals surface area (Å²) in [5, 5.41) is 3.29. The molecule has 1 aliphatic rings. The van der Waals surface area contributed by atoms with Gasteiger partial charge in [-0.15, -0.1) is 11.3 Å². The van der Waals surface area contributed by atoms with Crippen molar-refractivity contribution in [2.75, 3.05) is 37.0 Å². The van der Waals surface area contributed by atoms with Crippen molar-refractivity contribution in [1.29, 1.82) is 0 Å². The van der Waals surface area contributed by atoms with Crippen LogP contribution >= 0.6 is 11.3 Å². The van der Waals surface area contributed by atoms with Crippen molar-refractivity contribution in [2.45, 2.75) is 18.8 Å². The van der Waals surface area contributed by atoms with Crippen LogP contribution in [0.1, 0.15) is 23.8 Å². The summed E-state index contributed by atoms with van der Waals surface area (Å²) in [5.41, 5.74) is 0. The van der Waals surface area contributed by atoms with Crippen molar-refractivity contribution in [2.24, 2.45) is 0 Å². The van der Waals surface area contributed by atoms with Gasteiger partial charge in [-0.25, -0.2) is 9.97 Å². The van der Waals surface area contributed by atoms with Gasteiger partial charge in [0.15, 0.2) is 0 Å². The quantitative estimate of drug-likeness (QED) is 0.868. The molecular formula is C14H19N5S. The molecule has 1 atom stereocenters. The first kappa shape index (κ1) is 13.3. The lowest BCUT2D eigenvalue weighted by Gasteiger charge is -2.32. The molecule has 0 aromatic carbocycles. The zero-order valence-electron chi connectivity index (χ0n) is 11.9. The second-order valence-electron chi connectivity index (χ2n) is 5.26. The minimum atomic E-state index is 0.510. The first-order chi connectivity index (χ1) is 9.74. The zero-order valence-corrected chi connectivity index (χ0v) is 12.7. The standard InChI is InChI=1S/C14H19N5S/c1-18(2)12-5-6-16-14(17-12)19-8-3-4-11(10-19)13-15-7-9-20-13/h5-7,9,11H,3-4,8,10H2,1-2H3/t11-/m0/s1. The van der Waals surface area contributed by atoms with Gasteiger partial charge < -0.3 is 9.80 Å². The summed E-state index contributed by atoms with van der Waals surface area (Å²) >= 11 is 1.75. The van der Waals surface area contributed by atoms with E-state index in [4.69, 9.17) is 0 Å². The van der Waals surface area contributed by atoms with Crippen LogP contribution in [0.25, 0.3) is 0 Å². The maximum absolute atomic E-state index is 4.64. The normalized spacial score (nSPS) is 19.1. The number of aromatic nitrogens is 3. The topological polar surface area (TPSA) is 45.2 Å². The van der Waals surface area contributed by atoms with Crippen LogP contribution in [0.5, 0.6) is 0 Å². The Morgan fingerprint density at radius 1 is 1.30 bits per heavy atom. The molecule has 1 fully saturated rings. The van der Waals surface area contributed by atoms with Crippen LogP contribution in [-0.2, 0) is 0 Å². The van der Waals surface area contributed by atoms with Crippen molar-refractivity contribution in [1.82, 2.24) is 15.0 Å². The van der Waals surface area contributed by atoms with E-state index in [2.05, 4.69) is 25.2 Å². The van der Waals surface area contributed by atoms with Gasteiger partial charge in [0.1, 0.15) is 5.82 Å². The Kier molecular flexibility index (Phi) is 3.82. The molecule has 0 radical (unpaired) electrons. The Morgan fingerprint density at radius 2 is 2.20 bits per heavy atom. The summed E-state index contributed by atoms with van der Waals surface area (Å²) in [4.78, 5) is 17.8. The molecule has 106 valence electrons. The van der Waals surface area contributed by atoms with Crippen LogP contribution < -0.4 is 9.80 Å². The monoisotopic (exact) mass is 289 g/mol. The number of hydrogen-bond donors (Lipinski definition) is 0. The second-order valence-corrected chi connectivity index (χ2v) is 6.19. The number of anilines is 2. The maximum atomic E-state index is 4.64. The van der Waals surface area contributed by atoms with E-state index in [9.17, 15) is 0 Å². The predicted molar refractivity (Wildman–Crippen MR) is 82.7 cm³/mol. The molecule has 1 aliphatic heterocycles. The summed E-state index contributed by atoms with van der Waals surface area (Å²) in [7, 11) is 4.00. The lowest BCUT2D eigenvalue weighted by molar-refractivity contribution is 0.502. The third kappa shape index (κ3) is 2.75. The SMILES string of the molecule is CN(C)c1ccnc(N2CCC[C@H](c3nccs3)C2)n1. The van der Waals surface area contributed by atoms with Gasteiger partial charge in [-0.3, -0.25) is 0 Å². The molecule has 3 heterocycles. The lowest BCUT2D eigenvalue weighted by atomic mass is 9.99. The van der Waals surface area contributed by atoms with Crippen LogP contribution in [0.15, 0.2) is 23.8 Å². The molecule has 0 spiro atoms. The molecule has 0 bridgehead atoms. The van der Waals surface area contributed by atoms with E-state index in [0.29, 0.717) is 5.92 Å². The minimum absolute atomic E-state index is 0.510. The molecule has 20 heavy (non-hydrogen) atoms. The highest BCUT2D eigenvalue weighted by Crippen LogP contribution is 2.29. The Balaban J connectivity index is 1.78. The van der Waals surface area contributed by atoms with Crippen LogP contribution in [0.2, 0.25) is 0 Å². The molecule has 1 saturated heterocycles. The highest BCUT2D eigenvalue weighted by Gasteiger charge is 2.24. The van der Waals surface area contributed by atoms with Gasteiger partial charge >= 0.3 is 0 Å². The summed E-state index contributed by atoms with van der Waals surface area (Å²) in [6.07, 6.45) is 6.10. The highest BCUT2D eigenvalue weighted by molar-refractivity contribution is 7.09. The van der Waals surface area contributed by atoms with Crippen molar-refractivity contribution >= 4 is 23.1 Å². The smallest absolute Gasteiger partial charge is 0.227 e. The van der Waals surface area contributed by atoms with E-state index in [0.717, 1.165) is 24.9 Å². The average Bonchev–Trinajstić information content (AvgIpc) is 3.02. The van der Waals surface area contributed by atoms with Gasteiger partial charge in [0.25, 0.3) is 0 Å². The summed E-state index contributed by atoms with van der Waals surface area (Å²) < 4.78 is 0. The average molecular weight is 289 g/mol. The molecule has 0 aliphatic carbocycles. The maximum Gasteiger partial charge on any atom is 0.227 e. The van der Waals surface area contributed by atoms with E-state index < -0.39 is 0 Å². The van der Waals surface area contributed by atoms with Crippen molar-refractivity contribution < 1.29 is 0 Å². The Morgan fingerprint density at radius 3 is 2.95 bits per heavy atom. The van der Waals surface area contributed by atoms with E-state index >= 15 is 0 Å². The molecule has 2 aromatic rings. The first-order valence-corrected chi connectivity index (χ1v) is 7.76. The molecule has 0 amide bonds. The third-order valence-electron chi connectivity index (χ3n) is 3.59. The summed E-state index contributed by atoms with van der Waals surface area (Å²) in [6.45, 7) is 1.99. The van der Waals surface area contributed by atoms with Crippen LogP contribution in [-0.4, -0.2) is 42.1 Å². The summed E-state index contributed by atoms with van der Waals surface area (Å²) in [6, 6.07) is 1.94. The van der Waals surface area contributed by atoms with Gasteiger partial charge in [-0.05, 0) is 18.9 Å². The van der Waals surface area contributed by atoms with Gasteiger partial charge in [0.2, 0.25) is 5.95 Å². The van der Waals surface area contributed by atoms with E-state index in [1.807, 2.05) is 37.5 Å².